The molecule has 0 bridgehead atoms. The average molecular weight is 414 g/mol. The van der Waals surface area contributed by atoms with E-state index in [2.05, 4.69) is 10.3 Å². The number of rotatable bonds is 6. The van der Waals surface area contributed by atoms with E-state index >= 15 is 0 Å². The molecule has 1 heterocycles. The monoisotopic (exact) mass is 414 g/mol. The summed E-state index contributed by atoms with van der Waals surface area (Å²) in [4.78, 5) is 17.1. The molecule has 1 amide bonds. The Morgan fingerprint density at radius 1 is 1.00 bits per heavy atom. The van der Waals surface area contributed by atoms with Crippen molar-refractivity contribution < 1.29 is 18.7 Å². The molecule has 0 atom stereocenters. The zero-order valence-corrected chi connectivity index (χ0v) is 17.5. The second-order valence-electron chi connectivity index (χ2n) is 6.97. The summed E-state index contributed by atoms with van der Waals surface area (Å²) in [5.41, 5.74) is 4.74. The van der Waals surface area contributed by atoms with Crippen LogP contribution in [0.2, 0.25) is 0 Å². The van der Waals surface area contributed by atoms with Crippen LogP contribution in [0.1, 0.15) is 11.1 Å². The Labute approximate surface area is 180 Å². The van der Waals surface area contributed by atoms with Crippen molar-refractivity contribution in [2.45, 2.75) is 6.92 Å². The van der Waals surface area contributed by atoms with Crippen molar-refractivity contribution in [1.29, 1.82) is 0 Å². The predicted octanol–water partition coefficient (Wildman–Crippen LogP) is 5.47. The first-order chi connectivity index (χ1) is 15.1. The summed E-state index contributed by atoms with van der Waals surface area (Å²) in [5.74, 6) is 1.42. The molecule has 31 heavy (non-hydrogen) atoms. The molecule has 1 aromatic heterocycles. The first kappa shape index (κ1) is 20.2. The van der Waals surface area contributed by atoms with Crippen molar-refractivity contribution >= 4 is 28.8 Å². The molecule has 0 aliphatic rings. The number of hydrogen-bond acceptors (Lipinski definition) is 5. The van der Waals surface area contributed by atoms with E-state index in [1.54, 1.807) is 32.4 Å². The van der Waals surface area contributed by atoms with E-state index in [0.29, 0.717) is 34.2 Å². The second kappa shape index (κ2) is 8.75. The van der Waals surface area contributed by atoms with E-state index in [-0.39, 0.29) is 5.91 Å². The summed E-state index contributed by atoms with van der Waals surface area (Å²) in [6, 6.07) is 18.7. The van der Waals surface area contributed by atoms with Gasteiger partial charge in [-0.05, 0) is 60.5 Å². The van der Waals surface area contributed by atoms with Gasteiger partial charge in [0.25, 0.3) is 0 Å². The lowest BCUT2D eigenvalue weighted by Gasteiger charge is -2.08. The maximum atomic E-state index is 12.6. The first-order valence-electron chi connectivity index (χ1n) is 9.75. The highest BCUT2D eigenvalue weighted by atomic mass is 16.5. The maximum Gasteiger partial charge on any atom is 0.248 e. The van der Waals surface area contributed by atoms with Gasteiger partial charge < -0.3 is 19.2 Å². The van der Waals surface area contributed by atoms with Crippen LogP contribution in [-0.2, 0) is 4.79 Å². The van der Waals surface area contributed by atoms with Crippen molar-refractivity contribution in [3.8, 4) is 23.0 Å². The number of hydrogen-bond donors (Lipinski definition) is 1. The number of carbonyl (C=O) groups excluding carboxylic acids is 1. The lowest BCUT2D eigenvalue weighted by molar-refractivity contribution is -0.111. The number of benzene rings is 3. The third kappa shape index (κ3) is 4.43. The van der Waals surface area contributed by atoms with E-state index in [9.17, 15) is 4.79 Å². The maximum absolute atomic E-state index is 12.6. The van der Waals surface area contributed by atoms with Crippen LogP contribution >= 0.6 is 0 Å². The van der Waals surface area contributed by atoms with Gasteiger partial charge in [0.1, 0.15) is 5.52 Å². The number of nitrogens with one attached hydrogen (secondary N) is 1. The summed E-state index contributed by atoms with van der Waals surface area (Å²) in [6.45, 7) is 2.01. The highest BCUT2D eigenvalue weighted by Gasteiger charge is 2.13. The van der Waals surface area contributed by atoms with E-state index in [0.717, 1.165) is 16.6 Å². The van der Waals surface area contributed by atoms with Crippen LogP contribution in [0.15, 0.2) is 71.2 Å². The van der Waals surface area contributed by atoms with E-state index < -0.39 is 0 Å². The Kier molecular flexibility index (Phi) is 5.71. The molecule has 3 aromatic carbocycles. The molecule has 0 radical (unpaired) electrons. The molecule has 0 saturated heterocycles. The van der Waals surface area contributed by atoms with Crippen molar-refractivity contribution in [3.05, 3.63) is 77.9 Å². The minimum absolute atomic E-state index is 0.269. The number of oxazole rings is 1. The van der Waals surface area contributed by atoms with Gasteiger partial charge in [0.2, 0.25) is 11.8 Å². The van der Waals surface area contributed by atoms with Gasteiger partial charge in [0.05, 0.1) is 25.5 Å². The Balaban J connectivity index is 1.56. The van der Waals surface area contributed by atoms with Crippen LogP contribution in [0.4, 0.5) is 5.69 Å². The van der Waals surface area contributed by atoms with Crippen LogP contribution in [0.5, 0.6) is 11.5 Å². The van der Waals surface area contributed by atoms with Crippen LogP contribution in [0.25, 0.3) is 28.6 Å². The summed E-state index contributed by atoms with van der Waals surface area (Å²) in [7, 11) is 3.15. The quantitative estimate of drug-likeness (QED) is 0.423. The molecule has 0 fully saturated rings. The first-order valence-corrected chi connectivity index (χ1v) is 9.75. The molecule has 0 spiro atoms. The summed E-state index contributed by atoms with van der Waals surface area (Å²) in [5, 5.41) is 2.90. The lowest BCUT2D eigenvalue weighted by atomic mass is 10.1. The van der Waals surface area contributed by atoms with E-state index in [1.165, 1.54) is 6.08 Å². The molecule has 156 valence electrons. The van der Waals surface area contributed by atoms with Crippen LogP contribution in [0.3, 0.4) is 0 Å². The Morgan fingerprint density at radius 2 is 1.81 bits per heavy atom. The van der Waals surface area contributed by atoms with Crippen LogP contribution < -0.4 is 14.8 Å². The van der Waals surface area contributed by atoms with Crippen LogP contribution in [-0.4, -0.2) is 25.1 Å². The summed E-state index contributed by atoms with van der Waals surface area (Å²) in [6.07, 6.45) is 3.18. The van der Waals surface area contributed by atoms with Crippen LogP contribution in [0, 0.1) is 6.92 Å². The number of ether oxygens (including phenoxy) is 2. The van der Waals surface area contributed by atoms with Gasteiger partial charge >= 0.3 is 0 Å². The summed E-state index contributed by atoms with van der Waals surface area (Å²) >= 11 is 0. The standard InChI is InChI=1S/C25H22N2O4/c1-16-8-11-21-20(14-16)27-25(31-21)18-6-4-5-7-19(18)26-24(28)13-10-17-9-12-22(29-2)23(15-17)30-3/h4-15H,1-3H3,(H,26,28). The number of nitrogens with zero attached hydrogens (tertiary/aromatic N) is 1. The number of anilines is 1. The van der Waals surface area contributed by atoms with Gasteiger partial charge in [-0.25, -0.2) is 4.98 Å². The highest BCUT2D eigenvalue weighted by molar-refractivity contribution is 6.04. The zero-order valence-electron chi connectivity index (χ0n) is 17.5. The Hall–Kier alpha value is -4.06. The molecule has 1 N–H and O–H groups in total. The van der Waals surface area contributed by atoms with Crippen molar-refractivity contribution in [2.24, 2.45) is 0 Å². The Morgan fingerprint density at radius 3 is 2.61 bits per heavy atom. The molecule has 0 saturated carbocycles. The SMILES string of the molecule is COc1ccc(C=CC(=O)Nc2ccccc2-c2nc3cc(C)ccc3o2)cc1OC. The molecular weight excluding hydrogens is 392 g/mol. The molecule has 0 aliphatic carbocycles. The number of fused-ring (bicyclic) bond motifs is 1. The number of aromatic nitrogens is 1. The van der Waals surface area contributed by atoms with Gasteiger partial charge in [-0.2, -0.15) is 0 Å². The molecule has 4 aromatic rings. The van der Waals surface area contributed by atoms with Crippen molar-refractivity contribution in [2.75, 3.05) is 19.5 Å². The fourth-order valence-corrected chi connectivity index (χ4v) is 3.23. The third-order valence-corrected chi connectivity index (χ3v) is 4.79. The number of aryl methyl sites for hydroxylation is 1. The minimum Gasteiger partial charge on any atom is -0.493 e. The van der Waals surface area contributed by atoms with Crippen molar-refractivity contribution in [3.63, 3.8) is 0 Å². The number of amides is 1. The van der Waals surface area contributed by atoms with Gasteiger partial charge in [-0.15, -0.1) is 0 Å². The Bertz CT molecular complexity index is 1270. The molecule has 6 nitrogen and oxygen atoms in total. The normalized spacial score (nSPS) is 11.1. The number of carbonyl (C=O) groups is 1. The minimum atomic E-state index is -0.269. The van der Waals surface area contributed by atoms with Crippen molar-refractivity contribution in [1.82, 2.24) is 4.98 Å². The number of methoxy groups -OCH3 is 2. The van der Waals surface area contributed by atoms with Gasteiger partial charge in [0.15, 0.2) is 17.1 Å². The fraction of sp³-hybridized carbons (Fsp3) is 0.120. The fourth-order valence-electron chi connectivity index (χ4n) is 3.23. The smallest absolute Gasteiger partial charge is 0.248 e. The van der Waals surface area contributed by atoms with Gasteiger partial charge in [0, 0.05) is 6.08 Å². The molecule has 6 heteroatoms. The lowest BCUT2D eigenvalue weighted by Crippen LogP contribution is -2.08. The zero-order chi connectivity index (χ0) is 21.8. The third-order valence-electron chi connectivity index (χ3n) is 4.79. The topological polar surface area (TPSA) is 73.6 Å². The van der Waals surface area contributed by atoms with E-state index in [4.69, 9.17) is 13.9 Å². The highest BCUT2D eigenvalue weighted by Crippen LogP contribution is 2.31. The molecule has 0 unspecified atom stereocenters. The second-order valence-corrected chi connectivity index (χ2v) is 6.97. The molecule has 0 aliphatic heterocycles. The van der Waals surface area contributed by atoms with E-state index in [1.807, 2.05) is 55.5 Å². The number of para-hydroxylation sites is 1. The van der Waals surface area contributed by atoms with Gasteiger partial charge in [-0.1, -0.05) is 24.3 Å². The summed E-state index contributed by atoms with van der Waals surface area (Å²) < 4.78 is 16.4. The predicted molar refractivity (Wildman–Crippen MR) is 121 cm³/mol. The average Bonchev–Trinajstić information content (AvgIpc) is 3.20. The van der Waals surface area contributed by atoms with Gasteiger partial charge in [-0.3, -0.25) is 4.79 Å². The molecular formula is C25H22N2O4. The molecule has 4 rings (SSSR count). The largest absolute Gasteiger partial charge is 0.493 e.